The second-order valence-corrected chi connectivity index (χ2v) is 14.7. The number of ketones is 2. The summed E-state index contributed by atoms with van der Waals surface area (Å²) in [4.78, 5) is 26.4. The van der Waals surface area contributed by atoms with Crippen LogP contribution in [-0.4, -0.2) is 60.6 Å². The number of quaternary nitrogens is 1. The zero-order valence-corrected chi connectivity index (χ0v) is 32.4. The Morgan fingerprint density at radius 2 is 0.745 bits per heavy atom. The van der Waals surface area contributed by atoms with Crippen molar-refractivity contribution in [2.75, 3.05) is 20.2 Å². The van der Waals surface area contributed by atoms with Gasteiger partial charge in [0, 0.05) is 12.8 Å². The predicted molar refractivity (Wildman–Crippen MR) is 194 cm³/mol. The summed E-state index contributed by atoms with van der Waals surface area (Å²) in [6.07, 6.45) is 34.0. The lowest BCUT2D eigenvalue weighted by Gasteiger charge is -2.34. The number of carbonyl (C=O) groups is 2. The molecule has 0 aliphatic heterocycles. The summed E-state index contributed by atoms with van der Waals surface area (Å²) < 4.78 is 30.6. The molecule has 0 bridgehead atoms. The zero-order chi connectivity index (χ0) is 35.7. The average Bonchev–Trinajstić information content (AvgIpc) is 3.05. The van der Waals surface area contributed by atoms with Crippen LogP contribution in [0.5, 0.6) is 0 Å². The van der Waals surface area contributed by atoms with Gasteiger partial charge in [0.25, 0.3) is 0 Å². The normalized spacial score (nSPS) is 11.9. The van der Waals surface area contributed by atoms with Crippen LogP contribution in [0.3, 0.4) is 0 Å². The molecule has 0 saturated carbocycles. The smallest absolute Gasteiger partial charge is 0.236 e. The number of unbranched alkanes of at least 4 members (excludes halogenated alkanes) is 24. The van der Waals surface area contributed by atoms with Gasteiger partial charge in [0.1, 0.15) is 13.1 Å². The van der Waals surface area contributed by atoms with E-state index in [1.54, 1.807) is 0 Å². The highest BCUT2D eigenvalue weighted by atomic mass is 32.3. The van der Waals surface area contributed by atoms with Gasteiger partial charge >= 0.3 is 0 Å². The number of carbonyl (C=O) groups excluding carboxylic acids is 2. The van der Waals surface area contributed by atoms with Crippen molar-refractivity contribution in [3.8, 4) is 0 Å². The largest absolute Gasteiger partial charge is 0.726 e. The van der Waals surface area contributed by atoms with Gasteiger partial charge in [0.2, 0.25) is 28.0 Å². The van der Waals surface area contributed by atoms with E-state index < -0.39 is 21.1 Å². The average molecular weight is 692 g/mol. The molecule has 0 radical (unpaired) electrons. The lowest BCUT2D eigenvalue weighted by molar-refractivity contribution is -1.10. The quantitative estimate of drug-likeness (QED) is 0.0178. The maximum absolute atomic E-state index is 13.2. The minimum atomic E-state index is -4.41. The van der Waals surface area contributed by atoms with E-state index in [9.17, 15) is 27.8 Å². The fourth-order valence-corrected chi connectivity index (χ4v) is 6.21. The summed E-state index contributed by atoms with van der Waals surface area (Å²) in [5, 5.41) is 11.1. The number of nitrogens with zero attached hydrogens (tertiary/aromatic N) is 1. The molecular weight excluding hydrogens is 614 g/mol. The van der Waals surface area contributed by atoms with E-state index in [2.05, 4.69) is 18.0 Å². The van der Waals surface area contributed by atoms with E-state index in [-0.39, 0.29) is 11.6 Å². The number of likely N-dealkylation sites (N-methyl/N-ethyl adjacent to an activating group) is 1. The van der Waals surface area contributed by atoms with Crippen LogP contribution >= 0.6 is 0 Å². The molecule has 0 unspecified atom stereocenters. The Bertz CT molecular complexity index is 773. The van der Waals surface area contributed by atoms with Crippen molar-refractivity contribution >= 4 is 22.0 Å². The molecule has 0 rings (SSSR count). The summed E-state index contributed by atoms with van der Waals surface area (Å²) in [6, 6.07) is -0.889. The van der Waals surface area contributed by atoms with Gasteiger partial charge in [-0.3, -0.25) is 13.8 Å². The van der Waals surface area contributed by atoms with Gasteiger partial charge in [-0.1, -0.05) is 168 Å². The minimum absolute atomic E-state index is 0.0426. The summed E-state index contributed by atoms with van der Waals surface area (Å²) in [5.41, 5.74) is 0. The van der Waals surface area contributed by atoms with E-state index in [0.29, 0.717) is 25.9 Å². The van der Waals surface area contributed by atoms with Crippen LogP contribution in [0.1, 0.15) is 207 Å². The lowest BCUT2D eigenvalue weighted by atomic mass is 9.95. The molecule has 8 nitrogen and oxygen atoms in total. The van der Waals surface area contributed by atoms with Crippen LogP contribution in [0, 0.1) is 0 Å². The lowest BCUT2D eigenvalue weighted by Crippen LogP contribution is -2.59. The molecule has 0 aliphatic carbocycles. The van der Waals surface area contributed by atoms with Gasteiger partial charge in [0.15, 0.2) is 0 Å². The second-order valence-electron chi connectivity index (χ2n) is 13.5. The van der Waals surface area contributed by atoms with Crippen molar-refractivity contribution in [3.63, 3.8) is 0 Å². The Labute approximate surface area is 291 Å². The Morgan fingerprint density at radius 1 is 0.532 bits per heavy atom. The van der Waals surface area contributed by atoms with E-state index in [4.69, 9.17) is 0 Å². The molecule has 0 aromatic carbocycles. The molecular formula is C38H77NO7S. The molecule has 0 aromatic heterocycles. The van der Waals surface area contributed by atoms with E-state index >= 15 is 0 Å². The van der Waals surface area contributed by atoms with Crippen LogP contribution in [-0.2, 0) is 24.2 Å². The van der Waals surface area contributed by atoms with Crippen LogP contribution in [0.25, 0.3) is 0 Å². The molecule has 0 saturated heterocycles. The summed E-state index contributed by atoms with van der Waals surface area (Å²) >= 11 is 0. The van der Waals surface area contributed by atoms with Gasteiger partial charge in [-0.15, -0.1) is 0 Å². The maximum Gasteiger partial charge on any atom is 0.236 e. The van der Waals surface area contributed by atoms with Gasteiger partial charge in [-0.2, -0.15) is 4.65 Å². The standard InChI is InChI=1S/C37H74NO3.CH4O4S/c1-5-9-11-13-15-17-19-21-23-25-27-29-31-33-35(39)37(38(41,7-3)8-4)36(40)34-32-30-28-26-24-22-20-18-16-14-12-10-6-2;1-5-6(2,3)4/h37,41H,5-34H2,1-4H3;1H3,(H,2,3,4)/q+1;/p-1. The van der Waals surface area contributed by atoms with Gasteiger partial charge in [0.05, 0.1) is 7.11 Å². The van der Waals surface area contributed by atoms with Crippen molar-refractivity contribution in [3.05, 3.63) is 0 Å². The summed E-state index contributed by atoms with van der Waals surface area (Å²) in [7, 11) is -3.60. The first-order chi connectivity index (χ1) is 22.5. The third kappa shape index (κ3) is 30.9. The van der Waals surface area contributed by atoms with Gasteiger partial charge < -0.3 is 4.55 Å². The molecule has 47 heavy (non-hydrogen) atoms. The highest BCUT2D eigenvalue weighted by molar-refractivity contribution is 7.80. The van der Waals surface area contributed by atoms with Crippen LogP contribution < -0.4 is 0 Å². The number of hydroxylamine groups is 3. The van der Waals surface area contributed by atoms with Crippen molar-refractivity contribution in [1.82, 2.24) is 0 Å². The molecule has 0 aromatic rings. The molecule has 0 heterocycles. The van der Waals surface area contributed by atoms with Crippen LogP contribution in [0.15, 0.2) is 0 Å². The Kier molecular flexibility index (Phi) is 34.5. The third-order valence-electron chi connectivity index (χ3n) is 9.44. The molecule has 9 heteroatoms. The number of hydrogen-bond acceptors (Lipinski definition) is 7. The second kappa shape index (κ2) is 33.6. The SMILES string of the molecule is CCCCCCCCCCCCCCCC(=O)C(C(=O)CCCCCCCCCCCCCCC)[N+](O)(CC)CC.COS(=O)(=O)[O-]. The molecule has 0 fully saturated rings. The molecule has 0 aliphatic rings. The predicted octanol–water partition coefficient (Wildman–Crippen LogP) is 10.8. The van der Waals surface area contributed by atoms with E-state index in [1.807, 2.05) is 13.8 Å². The summed E-state index contributed by atoms with van der Waals surface area (Å²) in [6.45, 7) is 9.10. The van der Waals surface area contributed by atoms with Crippen molar-refractivity contribution in [2.45, 2.75) is 214 Å². The Morgan fingerprint density at radius 3 is 0.936 bits per heavy atom. The Hall–Kier alpha value is -0.870. The van der Waals surface area contributed by atoms with Crippen molar-refractivity contribution in [2.24, 2.45) is 0 Å². The van der Waals surface area contributed by atoms with Crippen molar-refractivity contribution < 1.29 is 36.6 Å². The fraction of sp³-hybridized carbons (Fsp3) is 0.947. The molecule has 0 atom stereocenters. The summed E-state index contributed by atoms with van der Waals surface area (Å²) in [5.74, 6) is -0.0852. The minimum Gasteiger partial charge on any atom is -0.726 e. The highest BCUT2D eigenvalue weighted by Crippen LogP contribution is 2.20. The number of Topliss-reactive ketones (excluding diaryl/α,β-unsaturated/α-hetero) is 2. The van der Waals surface area contributed by atoms with Gasteiger partial charge in [-0.25, -0.2) is 13.6 Å². The van der Waals surface area contributed by atoms with Crippen LogP contribution in [0.4, 0.5) is 0 Å². The van der Waals surface area contributed by atoms with Crippen molar-refractivity contribution in [1.29, 1.82) is 0 Å². The topological polar surface area (TPSA) is 121 Å². The Balaban J connectivity index is 0. The first-order valence-corrected chi connectivity index (χ1v) is 21.0. The molecule has 0 spiro atoms. The number of hydrogen-bond donors (Lipinski definition) is 1. The maximum atomic E-state index is 13.2. The fourth-order valence-electron chi connectivity index (χ4n) is 6.21. The highest BCUT2D eigenvalue weighted by Gasteiger charge is 2.43. The number of rotatable bonds is 34. The zero-order valence-electron chi connectivity index (χ0n) is 31.5. The molecule has 282 valence electrons. The van der Waals surface area contributed by atoms with E-state index in [1.165, 1.54) is 141 Å². The van der Waals surface area contributed by atoms with Gasteiger partial charge in [-0.05, 0) is 26.7 Å². The molecule has 0 amide bonds. The van der Waals surface area contributed by atoms with E-state index in [0.717, 1.165) is 32.8 Å². The van der Waals surface area contributed by atoms with Crippen LogP contribution in [0.2, 0.25) is 0 Å². The first kappa shape index (κ1) is 48.2. The monoisotopic (exact) mass is 692 g/mol. The third-order valence-corrected chi connectivity index (χ3v) is 9.85. The molecule has 1 N–H and O–H groups in total. The first-order valence-electron chi connectivity index (χ1n) is 19.7.